The third-order valence-electron chi connectivity index (χ3n) is 2.38. The van der Waals surface area contributed by atoms with Crippen LogP contribution in [0.4, 0.5) is 4.39 Å². The number of nitrogens with zero attached hydrogens (tertiary/aromatic N) is 1. The summed E-state index contributed by atoms with van der Waals surface area (Å²) in [5, 5.41) is 0. The molecule has 0 N–H and O–H groups in total. The summed E-state index contributed by atoms with van der Waals surface area (Å²) in [7, 11) is 0. The lowest BCUT2D eigenvalue weighted by atomic mass is 10.1. The van der Waals surface area contributed by atoms with Gasteiger partial charge in [0.05, 0.1) is 6.61 Å². The van der Waals surface area contributed by atoms with Gasteiger partial charge in [-0.2, -0.15) is 0 Å². The molecule has 0 aliphatic heterocycles. The molecule has 4 heteroatoms. The van der Waals surface area contributed by atoms with Crippen molar-refractivity contribution in [3.8, 4) is 5.75 Å². The van der Waals surface area contributed by atoms with Gasteiger partial charge in [-0.05, 0) is 31.2 Å². The lowest BCUT2D eigenvalue weighted by Crippen LogP contribution is -2.07. The second-order valence-corrected chi connectivity index (χ2v) is 3.62. The lowest BCUT2D eigenvalue weighted by Gasteiger charge is -2.05. The first-order valence-electron chi connectivity index (χ1n) is 5.60. The van der Waals surface area contributed by atoms with Crippen molar-refractivity contribution in [3.63, 3.8) is 0 Å². The second kappa shape index (κ2) is 5.40. The molecule has 0 radical (unpaired) electrons. The van der Waals surface area contributed by atoms with Gasteiger partial charge in [0.25, 0.3) is 0 Å². The Balaban J connectivity index is 2.34. The van der Waals surface area contributed by atoms with Crippen LogP contribution in [0.25, 0.3) is 0 Å². The van der Waals surface area contributed by atoms with Crippen LogP contribution in [-0.4, -0.2) is 17.4 Å². The SMILES string of the molecule is CCOc1cccc(C(=O)c2ncccc2F)c1. The molecule has 0 unspecified atom stereocenters. The van der Waals surface area contributed by atoms with Gasteiger partial charge in [0.2, 0.25) is 5.78 Å². The number of ketones is 1. The molecule has 2 aromatic rings. The number of hydrogen-bond donors (Lipinski definition) is 0. The van der Waals surface area contributed by atoms with Crippen LogP contribution < -0.4 is 4.74 Å². The van der Waals surface area contributed by atoms with Gasteiger partial charge in [-0.25, -0.2) is 9.37 Å². The van der Waals surface area contributed by atoms with E-state index >= 15 is 0 Å². The first kappa shape index (κ1) is 12.2. The van der Waals surface area contributed by atoms with Crippen molar-refractivity contribution < 1.29 is 13.9 Å². The van der Waals surface area contributed by atoms with Crippen molar-refractivity contribution in [2.75, 3.05) is 6.61 Å². The fourth-order valence-corrected chi connectivity index (χ4v) is 1.58. The normalized spacial score (nSPS) is 10.1. The average molecular weight is 245 g/mol. The maximum Gasteiger partial charge on any atom is 0.214 e. The summed E-state index contributed by atoms with van der Waals surface area (Å²) in [6.45, 7) is 2.36. The molecule has 0 fully saturated rings. The summed E-state index contributed by atoms with van der Waals surface area (Å²) in [4.78, 5) is 15.8. The highest BCUT2D eigenvalue weighted by Gasteiger charge is 2.15. The first-order chi connectivity index (χ1) is 8.72. The van der Waals surface area contributed by atoms with E-state index in [0.29, 0.717) is 17.9 Å². The maximum atomic E-state index is 13.5. The Morgan fingerprint density at radius 2 is 2.17 bits per heavy atom. The Bertz CT molecular complexity index is 569. The minimum absolute atomic E-state index is 0.175. The van der Waals surface area contributed by atoms with Crippen LogP contribution in [-0.2, 0) is 0 Å². The number of pyridine rings is 1. The highest BCUT2D eigenvalue weighted by Crippen LogP contribution is 2.17. The number of rotatable bonds is 4. The summed E-state index contributed by atoms with van der Waals surface area (Å²) in [6.07, 6.45) is 1.39. The van der Waals surface area contributed by atoms with E-state index in [2.05, 4.69) is 4.98 Å². The van der Waals surface area contributed by atoms with Crippen LogP contribution in [0.1, 0.15) is 23.0 Å². The van der Waals surface area contributed by atoms with E-state index in [0.717, 1.165) is 0 Å². The molecule has 0 amide bonds. The Hall–Kier alpha value is -2.23. The molecule has 0 spiro atoms. The molecule has 0 aliphatic rings. The largest absolute Gasteiger partial charge is 0.494 e. The minimum atomic E-state index is -0.621. The van der Waals surface area contributed by atoms with Crippen LogP contribution in [0.2, 0.25) is 0 Å². The molecule has 0 bridgehead atoms. The molecule has 1 heterocycles. The molecule has 0 saturated heterocycles. The van der Waals surface area contributed by atoms with E-state index in [1.54, 1.807) is 24.3 Å². The number of ether oxygens (including phenoxy) is 1. The third-order valence-corrected chi connectivity index (χ3v) is 2.38. The van der Waals surface area contributed by atoms with Crippen molar-refractivity contribution >= 4 is 5.78 Å². The van der Waals surface area contributed by atoms with Gasteiger partial charge in [-0.15, -0.1) is 0 Å². The Labute approximate surface area is 104 Å². The Morgan fingerprint density at radius 3 is 2.89 bits per heavy atom. The van der Waals surface area contributed by atoms with E-state index in [1.807, 2.05) is 6.92 Å². The topological polar surface area (TPSA) is 39.2 Å². The summed E-state index contributed by atoms with van der Waals surface area (Å²) < 4.78 is 18.8. The van der Waals surface area contributed by atoms with E-state index < -0.39 is 11.6 Å². The zero-order valence-electron chi connectivity index (χ0n) is 9.89. The van der Waals surface area contributed by atoms with Gasteiger partial charge in [-0.1, -0.05) is 12.1 Å². The smallest absolute Gasteiger partial charge is 0.214 e. The lowest BCUT2D eigenvalue weighted by molar-refractivity contribution is 0.103. The zero-order valence-corrected chi connectivity index (χ0v) is 9.89. The monoisotopic (exact) mass is 245 g/mol. The molecule has 2 rings (SSSR count). The number of aromatic nitrogens is 1. The van der Waals surface area contributed by atoms with Crippen molar-refractivity contribution in [3.05, 3.63) is 59.7 Å². The summed E-state index contributed by atoms with van der Waals surface area (Å²) in [6, 6.07) is 9.29. The molecular formula is C14H12FNO2. The Morgan fingerprint density at radius 1 is 1.33 bits per heavy atom. The maximum absolute atomic E-state index is 13.5. The molecular weight excluding hydrogens is 233 g/mol. The fourth-order valence-electron chi connectivity index (χ4n) is 1.58. The fraction of sp³-hybridized carbons (Fsp3) is 0.143. The molecule has 0 aliphatic carbocycles. The molecule has 1 aromatic carbocycles. The minimum Gasteiger partial charge on any atom is -0.494 e. The predicted molar refractivity (Wildman–Crippen MR) is 65.2 cm³/mol. The van der Waals surface area contributed by atoms with E-state index in [-0.39, 0.29) is 5.69 Å². The molecule has 0 atom stereocenters. The van der Waals surface area contributed by atoms with Gasteiger partial charge in [-0.3, -0.25) is 4.79 Å². The molecule has 92 valence electrons. The summed E-state index contributed by atoms with van der Waals surface area (Å²) in [5.74, 6) is -0.487. The van der Waals surface area contributed by atoms with Gasteiger partial charge in [0, 0.05) is 11.8 Å². The highest BCUT2D eigenvalue weighted by molar-refractivity contribution is 6.08. The Kier molecular flexibility index (Phi) is 3.67. The van der Waals surface area contributed by atoms with Gasteiger partial charge in [0.1, 0.15) is 11.4 Å². The summed E-state index contributed by atoms with van der Waals surface area (Å²) in [5.41, 5.74) is 0.185. The van der Waals surface area contributed by atoms with E-state index in [1.165, 1.54) is 18.3 Å². The van der Waals surface area contributed by atoms with E-state index in [4.69, 9.17) is 4.74 Å². The van der Waals surface area contributed by atoms with Crippen LogP contribution in [0, 0.1) is 5.82 Å². The van der Waals surface area contributed by atoms with Crippen LogP contribution in [0.15, 0.2) is 42.6 Å². The van der Waals surface area contributed by atoms with Gasteiger partial charge >= 0.3 is 0 Å². The van der Waals surface area contributed by atoms with Gasteiger partial charge in [0.15, 0.2) is 5.82 Å². The summed E-state index contributed by atoms with van der Waals surface area (Å²) >= 11 is 0. The predicted octanol–water partition coefficient (Wildman–Crippen LogP) is 2.85. The molecule has 0 saturated carbocycles. The highest BCUT2D eigenvalue weighted by atomic mass is 19.1. The van der Waals surface area contributed by atoms with E-state index in [9.17, 15) is 9.18 Å². The van der Waals surface area contributed by atoms with Crippen molar-refractivity contribution in [2.24, 2.45) is 0 Å². The van der Waals surface area contributed by atoms with Crippen LogP contribution in [0.5, 0.6) is 5.75 Å². The van der Waals surface area contributed by atoms with Crippen molar-refractivity contribution in [1.82, 2.24) is 4.98 Å². The number of carbonyl (C=O) groups is 1. The number of hydrogen-bond acceptors (Lipinski definition) is 3. The third kappa shape index (κ3) is 2.53. The van der Waals surface area contributed by atoms with Crippen molar-refractivity contribution in [1.29, 1.82) is 0 Å². The number of carbonyl (C=O) groups excluding carboxylic acids is 1. The number of halogens is 1. The quantitative estimate of drug-likeness (QED) is 0.777. The molecule has 3 nitrogen and oxygen atoms in total. The standard InChI is InChI=1S/C14H12FNO2/c1-2-18-11-6-3-5-10(9-11)14(17)13-12(15)7-4-8-16-13/h3-9H,2H2,1H3. The average Bonchev–Trinajstić information content (AvgIpc) is 2.39. The van der Waals surface area contributed by atoms with Crippen LogP contribution >= 0.6 is 0 Å². The first-order valence-corrected chi connectivity index (χ1v) is 5.60. The van der Waals surface area contributed by atoms with Crippen LogP contribution in [0.3, 0.4) is 0 Å². The van der Waals surface area contributed by atoms with Gasteiger partial charge < -0.3 is 4.74 Å². The second-order valence-electron chi connectivity index (χ2n) is 3.62. The van der Waals surface area contributed by atoms with Crippen molar-refractivity contribution in [2.45, 2.75) is 6.92 Å². The number of benzene rings is 1. The zero-order chi connectivity index (χ0) is 13.0. The molecule has 18 heavy (non-hydrogen) atoms. The molecule has 1 aromatic heterocycles.